The topological polar surface area (TPSA) is 67.8 Å². The molecule has 0 aliphatic heterocycles. The molecule has 1 amide bonds. The maximum Gasteiger partial charge on any atom is 0.252 e. The number of ether oxygens (including phenoxy) is 2. The first kappa shape index (κ1) is 22.1. The van der Waals surface area contributed by atoms with Crippen molar-refractivity contribution in [1.82, 2.24) is 5.32 Å². The van der Waals surface area contributed by atoms with E-state index in [1.54, 1.807) is 20.3 Å². The lowest BCUT2D eigenvalue weighted by atomic mass is 10.0. The van der Waals surface area contributed by atoms with E-state index in [4.69, 9.17) is 9.47 Å². The van der Waals surface area contributed by atoms with Crippen LogP contribution in [0.15, 0.2) is 72.8 Å². The van der Waals surface area contributed by atoms with Gasteiger partial charge in [0.25, 0.3) is 5.91 Å². The highest BCUT2D eigenvalue weighted by Gasteiger charge is 2.15. The smallest absolute Gasteiger partial charge is 0.252 e. The number of hydrogen-bond acceptors (Lipinski definition) is 4. The molecule has 0 aliphatic rings. The molecule has 0 bridgehead atoms. The third-order valence-electron chi connectivity index (χ3n) is 4.95. The van der Waals surface area contributed by atoms with E-state index in [0.29, 0.717) is 23.5 Å². The Morgan fingerprint density at radius 3 is 2.35 bits per heavy atom. The van der Waals surface area contributed by atoms with Gasteiger partial charge in [0.15, 0.2) is 11.5 Å². The van der Waals surface area contributed by atoms with Crippen LogP contribution in [-0.2, 0) is 6.42 Å². The minimum Gasteiger partial charge on any atom is -0.493 e. The Kier molecular flexibility index (Phi) is 7.85. The Morgan fingerprint density at radius 1 is 0.935 bits per heavy atom. The number of hydrogen-bond donors (Lipinski definition) is 2. The summed E-state index contributed by atoms with van der Waals surface area (Å²) in [5.74, 6) is 1.08. The lowest BCUT2D eigenvalue weighted by Crippen LogP contribution is -2.39. The molecule has 5 heteroatoms. The summed E-state index contributed by atoms with van der Waals surface area (Å²) in [6, 6.07) is 22.4. The predicted molar refractivity (Wildman–Crippen MR) is 123 cm³/mol. The van der Waals surface area contributed by atoms with Crippen LogP contribution in [0.1, 0.15) is 27.0 Å². The first-order valence-corrected chi connectivity index (χ1v) is 10.1. The van der Waals surface area contributed by atoms with Crippen LogP contribution in [0.4, 0.5) is 0 Å². The average molecular weight is 418 g/mol. The van der Waals surface area contributed by atoms with Crippen molar-refractivity contribution < 1.29 is 19.4 Å². The monoisotopic (exact) mass is 417 g/mol. The molecule has 31 heavy (non-hydrogen) atoms. The minimum atomic E-state index is -0.363. The van der Waals surface area contributed by atoms with E-state index in [0.717, 1.165) is 16.7 Å². The highest BCUT2D eigenvalue weighted by atomic mass is 16.5. The van der Waals surface area contributed by atoms with Gasteiger partial charge in [0.05, 0.1) is 26.9 Å². The fourth-order valence-corrected chi connectivity index (χ4v) is 3.31. The van der Waals surface area contributed by atoms with Crippen molar-refractivity contribution in [2.24, 2.45) is 0 Å². The lowest BCUT2D eigenvalue weighted by Gasteiger charge is -2.17. The zero-order valence-electron chi connectivity index (χ0n) is 17.7. The number of carbonyl (C=O) groups excluding carboxylic acids is 1. The molecule has 2 N–H and O–H groups in total. The molecule has 0 saturated heterocycles. The number of carbonyl (C=O) groups is 1. The molecule has 3 aromatic carbocycles. The summed E-state index contributed by atoms with van der Waals surface area (Å²) in [4.78, 5) is 12.9. The minimum absolute atomic E-state index is 0.135. The Hall–Kier alpha value is -3.57. The van der Waals surface area contributed by atoms with Crippen molar-refractivity contribution in [2.75, 3.05) is 20.8 Å². The third kappa shape index (κ3) is 5.96. The quantitative estimate of drug-likeness (QED) is 0.512. The molecule has 3 rings (SSSR count). The molecule has 0 saturated carbocycles. The highest BCUT2D eigenvalue weighted by molar-refractivity contribution is 5.98. The van der Waals surface area contributed by atoms with Crippen LogP contribution in [0.25, 0.3) is 12.2 Å². The van der Waals surface area contributed by atoms with Gasteiger partial charge in [-0.25, -0.2) is 0 Å². The molecule has 0 radical (unpaired) electrons. The molecule has 3 aromatic rings. The first-order valence-electron chi connectivity index (χ1n) is 10.1. The fourth-order valence-electron chi connectivity index (χ4n) is 3.31. The molecule has 0 unspecified atom stereocenters. The van der Waals surface area contributed by atoms with E-state index in [2.05, 4.69) is 5.32 Å². The van der Waals surface area contributed by atoms with E-state index >= 15 is 0 Å². The molecule has 0 aromatic heterocycles. The summed E-state index contributed by atoms with van der Waals surface area (Å²) in [5, 5.41) is 12.7. The van der Waals surface area contributed by atoms with Crippen LogP contribution in [-0.4, -0.2) is 37.9 Å². The normalized spacial score (nSPS) is 11.8. The number of nitrogens with one attached hydrogen (secondary N) is 1. The van der Waals surface area contributed by atoms with Gasteiger partial charge in [0.2, 0.25) is 0 Å². The SMILES string of the molecule is COc1ccc(C=Cc2ccccc2C(=O)N[C@H](CO)Cc2ccccc2)cc1OC. The number of aliphatic hydroxyl groups excluding tert-OH is 1. The Bertz CT molecular complexity index is 1030. The summed E-state index contributed by atoms with van der Waals surface area (Å²) in [5.41, 5.74) is 3.31. The highest BCUT2D eigenvalue weighted by Crippen LogP contribution is 2.28. The second-order valence-electron chi connectivity index (χ2n) is 7.08. The second kappa shape index (κ2) is 11.0. The molecular weight excluding hydrogens is 390 g/mol. The van der Waals surface area contributed by atoms with Crippen molar-refractivity contribution in [3.63, 3.8) is 0 Å². The molecule has 0 aliphatic carbocycles. The van der Waals surface area contributed by atoms with Crippen molar-refractivity contribution in [2.45, 2.75) is 12.5 Å². The average Bonchev–Trinajstić information content (AvgIpc) is 2.82. The first-order chi connectivity index (χ1) is 15.1. The third-order valence-corrected chi connectivity index (χ3v) is 4.95. The van der Waals surface area contributed by atoms with Crippen molar-refractivity contribution in [3.8, 4) is 11.5 Å². The van der Waals surface area contributed by atoms with Crippen LogP contribution >= 0.6 is 0 Å². The van der Waals surface area contributed by atoms with Gasteiger partial charge < -0.3 is 19.9 Å². The zero-order valence-corrected chi connectivity index (χ0v) is 17.7. The standard InChI is InChI=1S/C26H27NO4/c1-30-24-15-13-20(17-25(24)31-2)12-14-21-10-6-7-11-23(21)26(29)27-22(18-28)16-19-8-4-3-5-9-19/h3-15,17,22,28H,16,18H2,1-2H3,(H,27,29)/t22-/m0/s1. The van der Waals surface area contributed by atoms with E-state index in [1.165, 1.54) is 0 Å². The van der Waals surface area contributed by atoms with Crippen LogP contribution in [0.3, 0.4) is 0 Å². The molecule has 160 valence electrons. The van der Waals surface area contributed by atoms with Crippen molar-refractivity contribution in [3.05, 3.63) is 95.1 Å². The van der Waals surface area contributed by atoms with Gasteiger partial charge in [-0.05, 0) is 41.3 Å². The number of methoxy groups -OCH3 is 2. The fraction of sp³-hybridized carbons (Fsp3) is 0.192. The van der Waals surface area contributed by atoms with Crippen LogP contribution in [0.5, 0.6) is 11.5 Å². The molecule has 0 fully saturated rings. The van der Waals surface area contributed by atoms with Crippen LogP contribution < -0.4 is 14.8 Å². The van der Waals surface area contributed by atoms with Gasteiger partial charge in [0, 0.05) is 5.56 Å². The van der Waals surface area contributed by atoms with Gasteiger partial charge in [-0.15, -0.1) is 0 Å². The van der Waals surface area contributed by atoms with E-state index in [1.807, 2.05) is 78.9 Å². The molecule has 1 atom stereocenters. The lowest BCUT2D eigenvalue weighted by molar-refractivity contribution is 0.0916. The Labute approximate surface area is 183 Å². The maximum atomic E-state index is 12.9. The second-order valence-corrected chi connectivity index (χ2v) is 7.08. The summed E-state index contributed by atoms with van der Waals surface area (Å²) in [6.07, 6.45) is 4.37. The largest absolute Gasteiger partial charge is 0.493 e. The van der Waals surface area contributed by atoms with Crippen LogP contribution in [0, 0.1) is 0 Å². The van der Waals surface area contributed by atoms with Crippen molar-refractivity contribution in [1.29, 1.82) is 0 Å². The summed E-state index contributed by atoms with van der Waals surface area (Å²) >= 11 is 0. The number of benzene rings is 3. The van der Waals surface area contributed by atoms with E-state index in [-0.39, 0.29) is 18.6 Å². The van der Waals surface area contributed by atoms with Gasteiger partial charge >= 0.3 is 0 Å². The number of aliphatic hydroxyl groups is 1. The van der Waals surface area contributed by atoms with Gasteiger partial charge in [-0.2, -0.15) is 0 Å². The van der Waals surface area contributed by atoms with Gasteiger partial charge in [-0.3, -0.25) is 4.79 Å². The molecule has 0 spiro atoms. The molecule has 0 heterocycles. The Balaban J connectivity index is 1.76. The number of rotatable bonds is 9. The Morgan fingerprint density at radius 2 is 1.65 bits per heavy atom. The summed E-state index contributed by atoms with van der Waals surface area (Å²) < 4.78 is 10.6. The van der Waals surface area contributed by atoms with Gasteiger partial charge in [0.1, 0.15) is 0 Å². The van der Waals surface area contributed by atoms with E-state index in [9.17, 15) is 9.90 Å². The maximum absolute atomic E-state index is 12.9. The summed E-state index contributed by atoms with van der Waals surface area (Å²) in [7, 11) is 3.19. The number of amides is 1. The van der Waals surface area contributed by atoms with Crippen LogP contribution in [0.2, 0.25) is 0 Å². The summed E-state index contributed by atoms with van der Waals surface area (Å²) in [6.45, 7) is -0.135. The van der Waals surface area contributed by atoms with Crippen molar-refractivity contribution >= 4 is 18.1 Å². The zero-order chi connectivity index (χ0) is 22.1. The predicted octanol–water partition coefficient (Wildman–Crippen LogP) is 4.21. The van der Waals surface area contributed by atoms with Gasteiger partial charge in [-0.1, -0.05) is 66.7 Å². The van der Waals surface area contributed by atoms with E-state index < -0.39 is 0 Å². The molecule has 5 nitrogen and oxygen atoms in total. The molecular formula is C26H27NO4.